The second-order valence-electron chi connectivity index (χ2n) is 9.61. The molecule has 0 saturated carbocycles. The van der Waals surface area contributed by atoms with Crippen molar-refractivity contribution in [3.8, 4) is 33.8 Å². The molecular formula is C38H22O. The van der Waals surface area contributed by atoms with E-state index in [1.54, 1.807) is 0 Å². The average Bonchev–Trinajstić information content (AvgIpc) is 3.12. The molecule has 0 saturated heterocycles. The fourth-order valence-corrected chi connectivity index (χ4v) is 5.92. The van der Waals surface area contributed by atoms with E-state index in [0.717, 1.165) is 16.3 Å². The van der Waals surface area contributed by atoms with Crippen LogP contribution in [-0.2, 0) is 0 Å². The minimum atomic E-state index is -0.584. The summed E-state index contributed by atoms with van der Waals surface area (Å²) in [6, 6.07) is 15.4. The standard InChI is InChI=1S/C38H22O/c1-3-13-26-23(9-1)19-20-30-32(26)21-25-10-2-4-14-27(25)37(30)33-22-34-29-17-7-11-24-12-8-18-35(36(24)29)39-38(34)31-16-6-5-15-28(31)33/h1-22H/i1D,2D,3D,4D,9D,10D,13D,14D,19D,20D,21D. The van der Waals surface area contributed by atoms with Crippen molar-refractivity contribution in [3.63, 3.8) is 0 Å². The summed E-state index contributed by atoms with van der Waals surface area (Å²) in [6.07, 6.45) is 0. The zero-order valence-electron chi connectivity index (χ0n) is 31.3. The van der Waals surface area contributed by atoms with Gasteiger partial charge >= 0.3 is 0 Å². The normalized spacial score (nSPS) is 16.3. The van der Waals surface area contributed by atoms with Gasteiger partial charge in [-0.3, -0.25) is 0 Å². The molecule has 0 fully saturated rings. The molecule has 1 heterocycles. The Bertz CT molecular complexity index is 2910. The largest absolute Gasteiger partial charge is 0.455 e. The third-order valence-electron chi connectivity index (χ3n) is 7.57. The Hall–Kier alpha value is -5.14. The Morgan fingerprint density at radius 1 is 0.487 bits per heavy atom. The highest BCUT2D eigenvalue weighted by Crippen LogP contribution is 2.52. The van der Waals surface area contributed by atoms with Crippen molar-refractivity contribution in [2.45, 2.75) is 0 Å². The van der Waals surface area contributed by atoms with E-state index >= 15 is 0 Å². The van der Waals surface area contributed by atoms with Crippen molar-refractivity contribution in [1.82, 2.24) is 0 Å². The molecule has 180 valence electrons. The molecular weight excluding hydrogens is 472 g/mol. The van der Waals surface area contributed by atoms with Crippen LogP contribution < -0.4 is 4.74 Å². The van der Waals surface area contributed by atoms with Crippen molar-refractivity contribution >= 4 is 53.9 Å². The van der Waals surface area contributed by atoms with Crippen molar-refractivity contribution in [2.24, 2.45) is 0 Å². The van der Waals surface area contributed by atoms with Crippen molar-refractivity contribution in [3.05, 3.63) is 133 Å². The predicted octanol–water partition coefficient (Wildman–Crippen LogP) is 10.9. The van der Waals surface area contributed by atoms with E-state index in [1.807, 2.05) is 66.7 Å². The van der Waals surface area contributed by atoms with E-state index in [1.165, 1.54) is 0 Å². The van der Waals surface area contributed by atoms with Crippen molar-refractivity contribution in [1.29, 1.82) is 0 Å². The van der Waals surface area contributed by atoms with Gasteiger partial charge in [0.2, 0.25) is 0 Å². The SMILES string of the molecule is [2H]c1c([2H])c([2H])c2c([2H])c3c(c([2H])c([2H])c4c([2H])c([2H])c([2H])c([2H])c43)c(-c3cc4c(c5ccccc35)Oc3cccc5cccc-4c35)c2c1[2H]. The molecule has 1 nitrogen and oxygen atoms in total. The van der Waals surface area contributed by atoms with Crippen LogP contribution in [0.25, 0.3) is 76.1 Å². The van der Waals surface area contributed by atoms with Crippen LogP contribution in [0.3, 0.4) is 0 Å². The molecule has 0 radical (unpaired) electrons. The van der Waals surface area contributed by atoms with Crippen molar-refractivity contribution in [2.75, 3.05) is 0 Å². The van der Waals surface area contributed by atoms with Gasteiger partial charge in [0, 0.05) is 16.3 Å². The topological polar surface area (TPSA) is 9.23 Å². The molecule has 0 N–H and O–H groups in total. The van der Waals surface area contributed by atoms with E-state index in [9.17, 15) is 4.11 Å². The van der Waals surface area contributed by atoms with Crippen LogP contribution in [0.1, 0.15) is 15.1 Å². The zero-order chi connectivity index (χ0) is 35.1. The predicted molar refractivity (Wildman–Crippen MR) is 165 cm³/mol. The molecule has 8 aromatic carbocycles. The summed E-state index contributed by atoms with van der Waals surface area (Å²) in [5.74, 6) is 1.26. The van der Waals surface area contributed by atoms with Gasteiger partial charge in [0.05, 0.1) is 15.1 Å². The second-order valence-corrected chi connectivity index (χ2v) is 9.61. The van der Waals surface area contributed by atoms with Gasteiger partial charge in [0.1, 0.15) is 11.5 Å². The lowest BCUT2D eigenvalue weighted by Crippen LogP contribution is -1.99. The lowest BCUT2D eigenvalue weighted by molar-refractivity contribution is 0.493. The first-order valence-corrected chi connectivity index (χ1v) is 12.6. The first-order chi connectivity index (χ1) is 23.9. The van der Waals surface area contributed by atoms with Gasteiger partial charge in [-0.1, -0.05) is 115 Å². The molecule has 0 aliphatic carbocycles. The van der Waals surface area contributed by atoms with E-state index in [4.69, 9.17) is 15.7 Å². The Labute approximate surface area is 241 Å². The highest BCUT2D eigenvalue weighted by Gasteiger charge is 2.25. The Morgan fingerprint density at radius 3 is 2.15 bits per heavy atom. The van der Waals surface area contributed by atoms with Crippen LogP contribution in [-0.4, -0.2) is 0 Å². The highest BCUT2D eigenvalue weighted by molar-refractivity contribution is 6.23. The smallest absolute Gasteiger partial charge is 0.143 e. The van der Waals surface area contributed by atoms with Crippen LogP contribution in [0.4, 0.5) is 0 Å². The second kappa shape index (κ2) is 7.69. The Morgan fingerprint density at radius 2 is 1.26 bits per heavy atom. The van der Waals surface area contributed by atoms with E-state index in [-0.39, 0.29) is 37.9 Å². The summed E-state index contributed by atoms with van der Waals surface area (Å²) >= 11 is 0. The quantitative estimate of drug-likeness (QED) is 0.159. The number of ether oxygens (including phenoxy) is 1. The van der Waals surface area contributed by atoms with Gasteiger partial charge in [-0.25, -0.2) is 0 Å². The Kier molecular flexibility index (Phi) is 2.58. The summed E-state index contributed by atoms with van der Waals surface area (Å²) in [7, 11) is 0. The zero-order valence-corrected chi connectivity index (χ0v) is 20.3. The maximum Gasteiger partial charge on any atom is 0.143 e. The summed E-state index contributed by atoms with van der Waals surface area (Å²) in [6.45, 7) is 0. The minimum Gasteiger partial charge on any atom is -0.455 e. The van der Waals surface area contributed by atoms with Crippen molar-refractivity contribution < 1.29 is 19.8 Å². The van der Waals surface area contributed by atoms with Crippen LogP contribution >= 0.6 is 0 Å². The molecule has 1 aliphatic rings. The minimum absolute atomic E-state index is 0.0181. The molecule has 0 aromatic heterocycles. The molecule has 8 aromatic rings. The van der Waals surface area contributed by atoms with E-state index < -0.39 is 66.5 Å². The fraction of sp³-hybridized carbons (Fsp3) is 0. The van der Waals surface area contributed by atoms with Gasteiger partial charge in [0.25, 0.3) is 0 Å². The summed E-state index contributed by atoms with van der Waals surface area (Å²) in [5.41, 5.74) is 2.18. The van der Waals surface area contributed by atoms with E-state index in [0.29, 0.717) is 33.4 Å². The van der Waals surface area contributed by atoms with Gasteiger partial charge < -0.3 is 4.74 Å². The van der Waals surface area contributed by atoms with Crippen LogP contribution in [0.2, 0.25) is 0 Å². The summed E-state index contributed by atoms with van der Waals surface area (Å²) in [4.78, 5) is 0. The molecule has 9 rings (SSSR count). The number of rotatable bonds is 1. The van der Waals surface area contributed by atoms with Crippen LogP contribution in [0.5, 0.6) is 11.5 Å². The monoisotopic (exact) mass is 505 g/mol. The van der Waals surface area contributed by atoms with Gasteiger partial charge in [0.15, 0.2) is 0 Å². The molecule has 0 spiro atoms. The van der Waals surface area contributed by atoms with Gasteiger partial charge in [-0.05, 0) is 78.0 Å². The maximum absolute atomic E-state index is 9.44. The first-order valence-electron chi connectivity index (χ1n) is 18.1. The molecule has 0 bridgehead atoms. The maximum atomic E-state index is 9.44. The van der Waals surface area contributed by atoms with Crippen LogP contribution in [0.15, 0.2) is 133 Å². The third kappa shape index (κ3) is 2.85. The summed E-state index contributed by atoms with van der Waals surface area (Å²) < 4.78 is 104. The molecule has 1 aliphatic heterocycles. The number of fused-ring (bicyclic) bond motifs is 8. The number of hydrogen-bond donors (Lipinski definition) is 0. The molecule has 0 atom stereocenters. The third-order valence-corrected chi connectivity index (χ3v) is 7.57. The highest BCUT2D eigenvalue weighted by atomic mass is 16.5. The van der Waals surface area contributed by atoms with Gasteiger partial charge in [-0.15, -0.1) is 0 Å². The average molecular weight is 506 g/mol. The Balaban J connectivity index is 1.61. The first kappa shape index (κ1) is 13.1. The molecule has 1 heteroatoms. The summed E-state index contributed by atoms with van der Waals surface area (Å²) in [5, 5.41) is 2.46. The number of benzene rings is 8. The van der Waals surface area contributed by atoms with E-state index in [2.05, 4.69) is 0 Å². The lowest BCUT2D eigenvalue weighted by Gasteiger charge is -2.25. The van der Waals surface area contributed by atoms with Gasteiger partial charge in [-0.2, -0.15) is 0 Å². The lowest BCUT2D eigenvalue weighted by atomic mass is 9.84. The van der Waals surface area contributed by atoms with Crippen LogP contribution in [0, 0.1) is 0 Å². The fourth-order valence-electron chi connectivity index (χ4n) is 5.92. The molecule has 39 heavy (non-hydrogen) atoms. The number of hydrogen-bond acceptors (Lipinski definition) is 1. The molecule has 0 unspecified atom stereocenters. The molecule has 0 amide bonds.